The van der Waals surface area contributed by atoms with Crippen LogP contribution < -0.4 is 4.74 Å². The zero-order valence-electron chi connectivity index (χ0n) is 6.65. The van der Waals surface area contributed by atoms with E-state index in [4.69, 9.17) is 11.2 Å². The minimum Gasteiger partial charge on any atom is -0.463 e. The zero-order chi connectivity index (χ0) is 8.97. The molecule has 1 aromatic heterocycles. The van der Waals surface area contributed by atoms with Crippen molar-refractivity contribution < 1.29 is 9.53 Å². The van der Waals surface area contributed by atoms with Crippen LogP contribution in [0.4, 0.5) is 0 Å². The van der Waals surface area contributed by atoms with E-state index >= 15 is 0 Å². The molecule has 0 saturated heterocycles. The molecule has 0 aliphatic carbocycles. The smallest absolute Gasteiger partial charge is 0.243 e. The normalized spacial score (nSPS) is 9.00. The quantitative estimate of drug-likeness (QED) is 0.600. The molecule has 1 aromatic rings. The molecule has 1 rings (SSSR count). The average molecular weight is 164 g/mol. The predicted octanol–water partition coefficient (Wildman–Crippen LogP) is 0.555. The number of carbonyl (C=O) groups excluding carboxylic acids is 1. The van der Waals surface area contributed by atoms with E-state index in [1.807, 2.05) is 0 Å². The van der Waals surface area contributed by atoms with Gasteiger partial charge in [-0.25, -0.2) is 4.68 Å². The molecule has 0 aliphatic heterocycles. The molecule has 0 saturated carbocycles. The fourth-order valence-electron chi connectivity index (χ4n) is 0.675. The molecule has 4 nitrogen and oxygen atoms in total. The van der Waals surface area contributed by atoms with E-state index in [0.717, 1.165) is 0 Å². The van der Waals surface area contributed by atoms with Crippen molar-refractivity contribution in [1.29, 1.82) is 0 Å². The van der Waals surface area contributed by atoms with Gasteiger partial charge in [0, 0.05) is 19.2 Å². The lowest BCUT2D eigenvalue weighted by atomic mass is 10.6. The fourth-order valence-corrected chi connectivity index (χ4v) is 0.675. The Bertz CT molecular complexity index is 322. The average Bonchev–Trinajstić information content (AvgIpc) is 2.48. The van der Waals surface area contributed by atoms with E-state index in [2.05, 4.69) is 11.0 Å². The summed E-state index contributed by atoms with van der Waals surface area (Å²) in [5.41, 5.74) is 0. The van der Waals surface area contributed by atoms with Gasteiger partial charge in [-0.15, -0.1) is 11.5 Å². The molecule has 0 amide bonds. The topological polar surface area (TPSA) is 44.1 Å². The molecular formula is C8H8N2O2. The van der Waals surface area contributed by atoms with Crippen LogP contribution in [0.1, 0.15) is 11.7 Å². The van der Waals surface area contributed by atoms with Crippen LogP contribution in [0.25, 0.3) is 0 Å². The molecule has 0 atom stereocenters. The first-order valence-electron chi connectivity index (χ1n) is 3.37. The maximum Gasteiger partial charge on any atom is 0.243 e. The highest BCUT2D eigenvalue weighted by molar-refractivity contribution is 5.75. The summed E-state index contributed by atoms with van der Waals surface area (Å²) in [6.45, 7) is 1.58. The highest BCUT2D eigenvalue weighted by Crippen LogP contribution is 2.04. The first-order chi connectivity index (χ1) is 5.74. The summed E-state index contributed by atoms with van der Waals surface area (Å²) in [5.74, 6) is 2.50. The summed E-state index contributed by atoms with van der Waals surface area (Å²) in [6, 6.07) is 1.58. The standard InChI is InChI=1S/C8H8N2O2/c1-3-6-12-8-4-5-10(9-8)7(2)11/h1,4-5H,6H2,2H3. The summed E-state index contributed by atoms with van der Waals surface area (Å²) < 4.78 is 6.15. The van der Waals surface area contributed by atoms with Crippen molar-refractivity contribution in [3.05, 3.63) is 12.3 Å². The van der Waals surface area contributed by atoms with Crippen LogP contribution in [0.3, 0.4) is 0 Å². The number of carbonyl (C=O) groups is 1. The second-order valence-electron chi connectivity index (χ2n) is 2.11. The summed E-state index contributed by atoms with van der Waals surface area (Å²) in [6.07, 6.45) is 6.49. The number of nitrogens with zero attached hydrogens (tertiary/aromatic N) is 2. The lowest BCUT2D eigenvalue weighted by Gasteiger charge is -1.94. The monoisotopic (exact) mass is 164 g/mol. The van der Waals surface area contributed by atoms with Crippen molar-refractivity contribution in [2.75, 3.05) is 6.61 Å². The van der Waals surface area contributed by atoms with Gasteiger partial charge in [0.15, 0.2) is 6.61 Å². The van der Waals surface area contributed by atoms with Gasteiger partial charge in [-0.05, 0) is 0 Å². The summed E-state index contributed by atoms with van der Waals surface area (Å²) in [7, 11) is 0. The molecule has 12 heavy (non-hydrogen) atoms. The highest BCUT2D eigenvalue weighted by Gasteiger charge is 2.01. The predicted molar refractivity (Wildman–Crippen MR) is 42.9 cm³/mol. The van der Waals surface area contributed by atoms with Gasteiger partial charge in [0.1, 0.15) is 0 Å². The molecule has 0 N–H and O–H groups in total. The van der Waals surface area contributed by atoms with Gasteiger partial charge < -0.3 is 4.74 Å². The van der Waals surface area contributed by atoms with Crippen LogP contribution in [-0.2, 0) is 0 Å². The minimum absolute atomic E-state index is 0.162. The van der Waals surface area contributed by atoms with Gasteiger partial charge in [0.05, 0.1) is 0 Å². The van der Waals surface area contributed by atoms with E-state index in [9.17, 15) is 4.79 Å². The Hall–Kier alpha value is -1.76. The number of hydrogen-bond acceptors (Lipinski definition) is 3. The number of rotatable bonds is 2. The molecular weight excluding hydrogens is 156 g/mol. The molecule has 0 aromatic carbocycles. The molecule has 4 heteroatoms. The van der Waals surface area contributed by atoms with Crippen LogP contribution in [0.5, 0.6) is 5.88 Å². The Morgan fingerprint density at radius 2 is 2.67 bits per heavy atom. The van der Waals surface area contributed by atoms with Gasteiger partial charge >= 0.3 is 0 Å². The fraction of sp³-hybridized carbons (Fsp3) is 0.250. The molecule has 0 fully saturated rings. The van der Waals surface area contributed by atoms with Crippen molar-refractivity contribution >= 4 is 5.91 Å². The van der Waals surface area contributed by atoms with E-state index in [1.165, 1.54) is 17.8 Å². The van der Waals surface area contributed by atoms with Crippen LogP contribution >= 0.6 is 0 Å². The van der Waals surface area contributed by atoms with Crippen LogP contribution in [0, 0.1) is 12.3 Å². The first-order valence-corrected chi connectivity index (χ1v) is 3.37. The molecule has 62 valence electrons. The van der Waals surface area contributed by atoms with Crippen LogP contribution in [0.2, 0.25) is 0 Å². The SMILES string of the molecule is C#CCOc1ccn(C(C)=O)n1. The van der Waals surface area contributed by atoms with Gasteiger partial charge in [-0.2, -0.15) is 0 Å². The first kappa shape index (κ1) is 8.34. The van der Waals surface area contributed by atoms with Gasteiger partial charge in [0.25, 0.3) is 0 Å². The summed E-state index contributed by atoms with van der Waals surface area (Å²) in [5, 5.41) is 3.80. The highest BCUT2D eigenvalue weighted by atomic mass is 16.5. The lowest BCUT2D eigenvalue weighted by molar-refractivity contribution is 0.0919. The Morgan fingerprint density at radius 1 is 1.92 bits per heavy atom. The third-order valence-electron chi connectivity index (χ3n) is 1.19. The zero-order valence-corrected chi connectivity index (χ0v) is 6.65. The Morgan fingerprint density at radius 3 is 3.17 bits per heavy atom. The maximum absolute atomic E-state index is 10.7. The second-order valence-corrected chi connectivity index (χ2v) is 2.11. The van der Waals surface area contributed by atoms with E-state index < -0.39 is 0 Å². The van der Waals surface area contributed by atoms with Crippen LogP contribution in [-0.4, -0.2) is 22.3 Å². The maximum atomic E-state index is 10.7. The van der Waals surface area contributed by atoms with Gasteiger partial charge in [0.2, 0.25) is 11.8 Å². The van der Waals surface area contributed by atoms with Crippen molar-refractivity contribution in [1.82, 2.24) is 9.78 Å². The second kappa shape index (κ2) is 3.58. The van der Waals surface area contributed by atoms with E-state index in [-0.39, 0.29) is 12.5 Å². The van der Waals surface area contributed by atoms with Crippen LogP contribution in [0.15, 0.2) is 12.3 Å². The van der Waals surface area contributed by atoms with Crippen molar-refractivity contribution in [2.24, 2.45) is 0 Å². The summed E-state index contributed by atoms with van der Waals surface area (Å²) >= 11 is 0. The van der Waals surface area contributed by atoms with E-state index in [0.29, 0.717) is 5.88 Å². The Balaban J connectivity index is 2.66. The molecule has 0 spiro atoms. The molecule has 0 radical (unpaired) electrons. The largest absolute Gasteiger partial charge is 0.463 e. The minimum atomic E-state index is -0.162. The number of ether oxygens (including phenoxy) is 1. The third-order valence-corrected chi connectivity index (χ3v) is 1.19. The molecule has 0 unspecified atom stereocenters. The number of hydrogen-bond donors (Lipinski definition) is 0. The number of aromatic nitrogens is 2. The Kier molecular flexibility index (Phi) is 2.49. The van der Waals surface area contributed by atoms with Crippen molar-refractivity contribution in [2.45, 2.75) is 6.92 Å². The molecule has 1 heterocycles. The van der Waals surface area contributed by atoms with Crippen molar-refractivity contribution in [3.8, 4) is 18.2 Å². The molecule has 0 aliphatic rings. The number of terminal acetylenes is 1. The molecule has 0 bridgehead atoms. The van der Waals surface area contributed by atoms with Gasteiger partial charge in [-0.3, -0.25) is 4.79 Å². The van der Waals surface area contributed by atoms with Crippen molar-refractivity contribution in [3.63, 3.8) is 0 Å². The van der Waals surface area contributed by atoms with Gasteiger partial charge in [-0.1, -0.05) is 5.92 Å². The summed E-state index contributed by atoms with van der Waals surface area (Å²) in [4.78, 5) is 10.7. The Labute approximate surface area is 70.1 Å². The third kappa shape index (κ3) is 1.86. The van der Waals surface area contributed by atoms with E-state index in [1.54, 1.807) is 6.07 Å². The lowest BCUT2D eigenvalue weighted by Crippen LogP contribution is -2.06.